The second-order valence-corrected chi connectivity index (χ2v) is 5.90. The van der Waals surface area contributed by atoms with Crippen molar-refractivity contribution in [3.63, 3.8) is 0 Å². The second-order valence-electron chi connectivity index (χ2n) is 5.90. The highest BCUT2D eigenvalue weighted by molar-refractivity contribution is 5.92. The van der Waals surface area contributed by atoms with Crippen LogP contribution in [0, 0.1) is 0 Å². The van der Waals surface area contributed by atoms with E-state index in [2.05, 4.69) is 4.98 Å². The molecule has 0 saturated carbocycles. The Balaban J connectivity index is 1.60. The normalized spacial score (nSPS) is 17.4. The summed E-state index contributed by atoms with van der Waals surface area (Å²) in [5, 5.41) is 0. The number of amides is 1. The van der Waals surface area contributed by atoms with Gasteiger partial charge in [-0.3, -0.25) is 4.79 Å². The van der Waals surface area contributed by atoms with Gasteiger partial charge in [-0.25, -0.2) is 4.98 Å². The first-order valence-corrected chi connectivity index (χ1v) is 8.27. The molecule has 1 saturated heterocycles. The van der Waals surface area contributed by atoms with Gasteiger partial charge in [0.05, 0.1) is 19.3 Å². The predicted molar refractivity (Wildman–Crippen MR) is 93.0 cm³/mol. The molecule has 1 aromatic heterocycles. The molecule has 0 radical (unpaired) electrons. The molecule has 4 rings (SSSR count). The van der Waals surface area contributed by atoms with Crippen molar-refractivity contribution in [2.45, 2.75) is 6.04 Å². The van der Waals surface area contributed by atoms with Crippen LogP contribution in [0.15, 0.2) is 71.3 Å². The van der Waals surface area contributed by atoms with Crippen molar-refractivity contribution >= 4 is 5.91 Å². The van der Waals surface area contributed by atoms with E-state index in [-0.39, 0.29) is 11.9 Å². The lowest BCUT2D eigenvalue weighted by molar-refractivity contribution is -0.00300. The molecule has 2 aromatic carbocycles. The van der Waals surface area contributed by atoms with E-state index in [1.54, 1.807) is 0 Å². The fourth-order valence-electron chi connectivity index (χ4n) is 3.03. The molecule has 1 atom stereocenters. The monoisotopic (exact) mass is 334 g/mol. The summed E-state index contributed by atoms with van der Waals surface area (Å²) >= 11 is 0. The summed E-state index contributed by atoms with van der Waals surface area (Å²) in [5.74, 6) is 0.316. The van der Waals surface area contributed by atoms with Gasteiger partial charge in [0.15, 0.2) is 5.69 Å². The van der Waals surface area contributed by atoms with Crippen LogP contribution in [0.4, 0.5) is 0 Å². The minimum Gasteiger partial charge on any atom is -0.444 e. The lowest BCUT2D eigenvalue weighted by atomic mass is 10.0. The molecule has 5 heteroatoms. The molecule has 1 aliphatic heterocycles. The van der Waals surface area contributed by atoms with Crippen LogP contribution < -0.4 is 0 Å². The number of oxazole rings is 1. The maximum absolute atomic E-state index is 13.0. The van der Waals surface area contributed by atoms with E-state index in [0.717, 1.165) is 11.1 Å². The van der Waals surface area contributed by atoms with Crippen molar-refractivity contribution < 1.29 is 13.9 Å². The maximum atomic E-state index is 13.0. The van der Waals surface area contributed by atoms with Crippen LogP contribution >= 0.6 is 0 Å². The fraction of sp³-hybridized carbons (Fsp3) is 0.200. The summed E-state index contributed by atoms with van der Waals surface area (Å²) in [5.41, 5.74) is 2.23. The Bertz CT molecular complexity index is 846. The molecule has 2 heterocycles. The number of carbonyl (C=O) groups is 1. The SMILES string of the molecule is O=C(c1coc(-c2ccccc2)n1)N1CCOCC1c1ccccc1. The van der Waals surface area contributed by atoms with Crippen molar-refractivity contribution in [3.8, 4) is 11.5 Å². The maximum Gasteiger partial charge on any atom is 0.276 e. The van der Waals surface area contributed by atoms with Gasteiger partial charge in [-0.2, -0.15) is 0 Å². The van der Waals surface area contributed by atoms with Crippen molar-refractivity contribution in [3.05, 3.63) is 78.2 Å². The van der Waals surface area contributed by atoms with E-state index >= 15 is 0 Å². The lowest BCUT2D eigenvalue weighted by Crippen LogP contribution is -2.43. The molecule has 0 aliphatic carbocycles. The molecule has 1 fully saturated rings. The second kappa shape index (κ2) is 6.91. The van der Waals surface area contributed by atoms with Crippen LogP contribution in [0.1, 0.15) is 22.1 Å². The topological polar surface area (TPSA) is 55.6 Å². The van der Waals surface area contributed by atoms with Gasteiger partial charge in [-0.1, -0.05) is 48.5 Å². The number of benzene rings is 2. The number of carbonyl (C=O) groups excluding carboxylic acids is 1. The first-order chi connectivity index (χ1) is 12.3. The molecule has 0 spiro atoms. The van der Waals surface area contributed by atoms with E-state index in [4.69, 9.17) is 9.15 Å². The highest BCUT2D eigenvalue weighted by atomic mass is 16.5. The third kappa shape index (κ3) is 3.19. The van der Waals surface area contributed by atoms with Crippen molar-refractivity contribution in [2.75, 3.05) is 19.8 Å². The van der Waals surface area contributed by atoms with Crippen LogP contribution in [-0.2, 0) is 4.74 Å². The quantitative estimate of drug-likeness (QED) is 0.735. The largest absolute Gasteiger partial charge is 0.444 e. The Kier molecular flexibility index (Phi) is 4.31. The lowest BCUT2D eigenvalue weighted by Gasteiger charge is -2.35. The molecule has 1 aliphatic rings. The standard InChI is InChI=1S/C20H18N2O3/c23-20(17-13-25-19(21-17)16-9-5-2-6-10-16)22-11-12-24-14-18(22)15-7-3-1-4-8-15/h1-10,13,18H,11-12,14H2. The fourth-order valence-corrected chi connectivity index (χ4v) is 3.03. The van der Waals surface area contributed by atoms with Gasteiger partial charge >= 0.3 is 0 Å². The van der Waals surface area contributed by atoms with Crippen LogP contribution in [0.5, 0.6) is 0 Å². The Labute approximate surface area is 145 Å². The first kappa shape index (κ1) is 15.6. The van der Waals surface area contributed by atoms with Crippen LogP contribution in [0.2, 0.25) is 0 Å². The van der Waals surface area contributed by atoms with Crippen molar-refractivity contribution in [1.82, 2.24) is 9.88 Å². The molecule has 3 aromatic rings. The molecular formula is C20H18N2O3. The van der Waals surface area contributed by atoms with Gasteiger partial charge in [0.1, 0.15) is 6.26 Å². The van der Waals surface area contributed by atoms with Gasteiger partial charge in [0, 0.05) is 12.1 Å². The molecule has 126 valence electrons. The molecule has 0 bridgehead atoms. The van der Waals surface area contributed by atoms with Crippen LogP contribution in [0.3, 0.4) is 0 Å². The minimum atomic E-state index is -0.136. The summed E-state index contributed by atoms with van der Waals surface area (Å²) in [6.07, 6.45) is 1.43. The highest BCUT2D eigenvalue weighted by Crippen LogP contribution is 2.26. The number of hydrogen-bond acceptors (Lipinski definition) is 4. The van der Waals surface area contributed by atoms with Gasteiger partial charge < -0.3 is 14.1 Å². The van der Waals surface area contributed by atoms with Gasteiger partial charge in [-0.05, 0) is 17.7 Å². The highest BCUT2D eigenvalue weighted by Gasteiger charge is 2.30. The molecule has 5 nitrogen and oxygen atoms in total. The third-order valence-electron chi connectivity index (χ3n) is 4.32. The Morgan fingerprint density at radius 3 is 2.52 bits per heavy atom. The minimum absolute atomic E-state index is 0.112. The Hall–Kier alpha value is -2.92. The molecule has 1 amide bonds. The number of nitrogens with zero attached hydrogens (tertiary/aromatic N) is 2. The van der Waals surface area contributed by atoms with Gasteiger partial charge in [0.25, 0.3) is 5.91 Å². The number of aromatic nitrogens is 1. The van der Waals surface area contributed by atoms with E-state index in [0.29, 0.717) is 31.3 Å². The van der Waals surface area contributed by atoms with Gasteiger partial charge in [-0.15, -0.1) is 0 Å². The summed E-state index contributed by atoms with van der Waals surface area (Å²) in [7, 11) is 0. The van der Waals surface area contributed by atoms with Crippen molar-refractivity contribution in [1.29, 1.82) is 0 Å². The molecule has 25 heavy (non-hydrogen) atoms. The van der Waals surface area contributed by atoms with Gasteiger partial charge in [0.2, 0.25) is 5.89 Å². The number of morpholine rings is 1. The zero-order valence-corrected chi connectivity index (χ0v) is 13.7. The average molecular weight is 334 g/mol. The zero-order chi connectivity index (χ0) is 17.1. The summed E-state index contributed by atoms with van der Waals surface area (Å²) in [6.45, 7) is 1.55. The summed E-state index contributed by atoms with van der Waals surface area (Å²) in [6, 6.07) is 19.4. The van der Waals surface area contributed by atoms with E-state index in [1.165, 1.54) is 6.26 Å². The molecular weight excluding hydrogens is 316 g/mol. The van der Waals surface area contributed by atoms with Crippen LogP contribution in [0.25, 0.3) is 11.5 Å². The zero-order valence-electron chi connectivity index (χ0n) is 13.7. The molecule has 1 unspecified atom stereocenters. The summed E-state index contributed by atoms with van der Waals surface area (Å²) < 4.78 is 11.1. The average Bonchev–Trinajstić information content (AvgIpc) is 3.19. The number of rotatable bonds is 3. The molecule has 0 N–H and O–H groups in total. The predicted octanol–water partition coefficient (Wildman–Crippen LogP) is 3.56. The number of ether oxygens (including phenoxy) is 1. The number of hydrogen-bond donors (Lipinski definition) is 0. The first-order valence-electron chi connectivity index (χ1n) is 8.27. The smallest absolute Gasteiger partial charge is 0.276 e. The summed E-state index contributed by atoms with van der Waals surface area (Å²) in [4.78, 5) is 19.2. The van der Waals surface area contributed by atoms with E-state index in [1.807, 2.05) is 65.6 Å². The van der Waals surface area contributed by atoms with Crippen LogP contribution in [-0.4, -0.2) is 35.5 Å². The van der Waals surface area contributed by atoms with E-state index < -0.39 is 0 Å². The van der Waals surface area contributed by atoms with E-state index in [9.17, 15) is 4.79 Å². The van der Waals surface area contributed by atoms with Crippen molar-refractivity contribution in [2.24, 2.45) is 0 Å². The third-order valence-corrected chi connectivity index (χ3v) is 4.32. The Morgan fingerprint density at radius 1 is 1.04 bits per heavy atom. The Morgan fingerprint density at radius 2 is 1.76 bits per heavy atom.